The molecule has 0 fully saturated rings. The molecule has 0 aliphatic carbocycles. The predicted molar refractivity (Wildman–Crippen MR) is 77.4 cm³/mol. The van der Waals surface area contributed by atoms with Crippen LogP contribution < -0.4 is 5.32 Å². The number of benzene rings is 1. The molecule has 0 aliphatic rings. The van der Waals surface area contributed by atoms with Gasteiger partial charge < -0.3 is 15.3 Å². The van der Waals surface area contributed by atoms with E-state index >= 15 is 0 Å². The van der Waals surface area contributed by atoms with Crippen LogP contribution in [-0.4, -0.2) is 42.6 Å². The maximum Gasteiger partial charge on any atom is 0.251 e. The van der Waals surface area contributed by atoms with Crippen LogP contribution in [0.1, 0.15) is 30.6 Å². The minimum Gasteiger partial charge on any atom is -0.508 e. The molecule has 0 heterocycles. The van der Waals surface area contributed by atoms with Crippen molar-refractivity contribution < 1.29 is 9.90 Å². The Morgan fingerprint density at radius 2 is 2.05 bits per heavy atom. The third-order valence-corrected chi connectivity index (χ3v) is 2.79. The number of hydrogen-bond donors (Lipinski definition) is 2. The number of carbonyl (C=O) groups excluding carboxylic acids is 1. The average Bonchev–Trinajstić information content (AvgIpc) is 2.26. The van der Waals surface area contributed by atoms with Crippen molar-refractivity contribution in [1.29, 1.82) is 0 Å². The Hall–Kier alpha value is -1.55. The molecule has 4 heteroatoms. The SMILES string of the molecule is CC(C)CC(CN(C)C)NC(=O)c1cccc(O)c1. The smallest absolute Gasteiger partial charge is 0.251 e. The Labute approximate surface area is 115 Å². The van der Waals surface area contributed by atoms with Crippen LogP contribution in [0.4, 0.5) is 0 Å². The fraction of sp³-hybridized carbons (Fsp3) is 0.533. The van der Waals surface area contributed by atoms with Crippen LogP contribution in [0.3, 0.4) is 0 Å². The van der Waals surface area contributed by atoms with Gasteiger partial charge in [-0.3, -0.25) is 4.79 Å². The van der Waals surface area contributed by atoms with Gasteiger partial charge in [-0.05, 0) is 44.6 Å². The third kappa shape index (κ3) is 5.75. The minimum atomic E-state index is -0.136. The van der Waals surface area contributed by atoms with Crippen LogP contribution in [-0.2, 0) is 0 Å². The molecule has 0 aromatic heterocycles. The Morgan fingerprint density at radius 1 is 1.37 bits per heavy atom. The normalized spacial score (nSPS) is 12.7. The van der Waals surface area contributed by atoms with Crippen LogP contribution in [0.2, 0.25) is 0 Å². The van der Waals surface area contributed by atoms with Gasteiger partial charge in [0.2, 0.25) is 0 Å². The molecule has 0 bridgehead atoms. The van der Waals surface area contributed by atoms with E-state index in [-0.39, 0.29) is 17.7 Å². The van der Waals surface area contributed by atoms with Crippen molar-refractivity contribution in [2.24, 2.45) is 5.92 Å². The molecule has 106 valence electrons. The van der Waals surface area contributed by atoms with E-state index < -0.39 is 0 Å². The van der Waals surface area contributed by atoms with Gasteiger partial charge in [-0.2, -0.15) is 0 Å². The third-order valence-electron chi connectivity index (χ3n) is 2.79. The predicted octanol–water partition coefficient (Wildman–Crippen LogP) is 2.10. The van der Waals surface area contributed by atoms with Crippen LogP contribution in [0.25, 0.3) is 0 Å². The van der Waals surface area contributed by atoms with Gasteiger partial charge in [-0.15, -0.1) is 0 Å². The van der Waals surface area contributed by atoms with E-state index in [0.717, 1.165) is 13.0 Å². The van der Waals surface area contributed by atoms with Crippen LogP contribution in [0, 0.1) is 5.92 Å². The van der Waals surface area contributed by atoms with Gasteiger partial charge in [0.15, 0.2) is 0 Å². The first-order chi connectivity index (χ1) is 8.88. The fourth-order valence-electron chi connectivity index (χ4n) is 2.10. The van der Waals surface area contributed by atoms with Crippen LogP contribution >= 0.6 is 0 Å². The quantitative estimate of drug-likeness (QED) is 0.827. The molecule has 1 amide bonds. The summed E-state index contributed by atoms with van der Waals surface area (Å²) in [5, 5.41) is 12.4. The number of likely N-dealkylation sites (N-methyl/N-ethyl adjacent to an activating group) is 1. The summed E-state index contributed by atoms with van der Waals surface area (Å²) in [4.78, 5) is 14.2. The van der Waals surface area contributed by atoms with Crippen molar-refractivity contribution in [3.8, 4) is 5.75 Å². The van der Waals surface area contributed by atoms with Gasteiger partial charge in [0, 0.05) is 18.2 Å². The van der Waals surface area contributed by atoms with Crippen molar-refractivity contribution in [2.45, 2.75) is 26.3 Å². The van der Waals surface area contributed by atoms with E-state index in [0.29, 0.717) is 11.5 Å². The molecule has 0 saturated heterocycles. The van der Waals surface area contributed by atoms with Crippen molar-refractivity contribution in [3.05, 3.63) is 29.8 Å². The maximum absolute atomic E-state index is 12.1. The Morgan fingerprint density at radius 3 is 2.58 bits per heavy atom. The summed E-state index contributed by atoms with van der Waals surface area (Å²) in [6.07, 6.45) is 0.933. The maximum atomic E-state index is 12.1. The number of amides is 1. The molecule has 1 rings (SSSR count). The zero-order chi connectivity index (χ0) is 14.4. The monoisotopic (exact) mass is 264 g/mol. The highest BCUT2D eigenvalue weighted by Crippen LogP contribution is 2.12. The van der Waals surface area contributed by atoms with Gasteiger partial charge in [0.05, 0.1) is 0 Å². The molecule has 0 spiro atoms. The molecular formula is C15H24N2O2. The molecule has 0 saturated carbocycles. The van der Waals surface area contributed by atoms with Gasteiger partial charge in [-0.1, -0.05) is 19.9 Å². The summed E-state index contributed by atoms with van der Waals surface area (Å²) < 4.78 is 0. The zero-order valence-corrected chi connectivity index (χ0v) is 12.2. The second kappa shape index (κ2) is 7.14. The zero-order valence-electron chi connectivity index (χ0n) is 12.2. The van der Waals surface area contributed by atoms with E-state index in [2.05, 4.69) is 24.1 Å². The summed E-state index contributed by atoms with van der Waals surface area (Å²) in [5.41, 5.74) is 0.493. The summed E-state index contributed by atoms with van der Waals surface area (Å²) in [5.74, 6) is 0.499. The van der Waals surface area contributed by atoms with Gasteiger partial charge in [0.1, 0.15) is 5.75 Å². The van der Waals surface area contributed by atoms with Crippen molar-refractivity contribution in [3.63, 3.8) is 0 Å². The van der Waals surface area contributed by atoms with Crippen molar-refractivity contribution in [2.75, 3.05) is 20.6 Å². The number of phenolic OH excluding ortho intramolecular Hbond substituents is 1. The molecule has 2 N–H and O–H groups in total. The topological polar surface area (TPSA) is 52.6 Å². The standard InChI is InChI=1S/C15H24N2O2/c1-11(2)8-13(10-17(3)4)16-15(19)12-6-5-7-14(18)9-12/h5-7,9,11,13,18H,8,10H2,1-4H3,(H,16,19). The molecule has 1 aromatic rings. The molecule has 0 aliphatic heterocycles. The van der Waals surface area contributed by atoms with Gasteiger partial charge >= 0.3 is 0 Å². The second-order valence-corrected chi connectivity index (χ2v) is 5.61. The van der Waals surface area contributed by atoms with E-state index in [9.17, 15) is 9.90 Å². The Kier molecular flexibility index (Phi) is 5.83. The van der Waals surface area contributed by atoms with Crippen molar-refractivity contribution in [1.82, 2.24) is 10.2 Å². The number of nitrogens with zero attached hydrogens (tertiary/aromatic N) is 1. The number of nitrogens with one attached hydrogen (secondary N) is 1. The summed E-state index contributed by atoms with van der Waals surface area (Å²) >= 11 is 0. The van der Waals surface area contributed by atoms with E-state index in [1.807, 2.05) is 14.1 Å². The number of rotatable bonds is 6. The first kappa shape index (κ1) is 15.5. The van der Waals surface area contributed by atoms with Gasteiger partial charge in [-0.25, -0.2) is 0 Å². The summed E-state index contributed by atoms with van der Waals surface area (Å²) in [7, 11) is 3.99. The molecule has 0 radical (unpaired) electrons. The summed E-state index contributed by atoms with van der Waals surface area (Å²) in [6.45, 7) is 5.09. The second-order valence-electron chi connectivity index (χ2n) is 5.61. The lowest BCUT2D eigenvalue weighted by Crippen LogP contribution is -2.42. The highest BCUT2D eigenvalue weighted by Gasteiger charge is 2.16. The van der Waals surface area contributed by atoms with Crippen molar-refractivity contribution >= 4 is 5.91 Å². The Balaban J connectivity index is 2.69. The molecular weight excluding hydrogens is 240 g/mol. The van der Waals surface area contributed by atoms with E-state index in [1.54, 1.807) is 18.2 Å². The first-order valence-electron chi connectivity index (χ1n) is 6.63. The van der Waals surface area contributed by atoms with Crippen LogP contribution in [0.5, 0.6) is 5.75 Å². The lowest BCUT2D eigenvalue weighted by atomic mass is 10.0. The van der Waals surface area contributed by atoms with Crippen LogP contribution in [0.15, 0.2) is 24.3 Å². The highest BCUT2D eigenvalue weighted by molar-refractivity contribution is 5.94. The minimum absolute atomic E-state index is 0.112. The molecule has 19 heavy (non-hydrogen) atoms. The summed E-state index contributed by atoms with van der Waals surface area (Å²) in [6, 6.07) is 6.54. The fourth-order valence-corrected chi connectivity index (χ4v) is 2.10. The number of hydrogen-bond acceptors (Lipinski definition) is 3. The molecule has 1 aromatic carbocycles. The number of aromatic hydroxyl groups is 1. The Bertz CT molecular complexity index is 406. The molecule has 1 unspecified atom stereocenters. The largest absolute Gasteiger partial charge is 0.508 e. The molecule has 1 atom stereocenters. The average molecular weight is 264 g/mol. The molecule has 4 nitrogen and oxygen atoms in total. The number of carbonyl (C=O) groups is 1. The lowest BCUT2D eigenvalue weighted by molar-refractivity contribution is 0.0924. The first-order valence-corrected chi connectivity index (χ1v) is 6.63. The van der Waals surface area contributed by atoms with Gasteiger partial charge in [0.25, 0.3) is 5.91 Å². The lowest BCUT2D eigenvalue weighted by Gasteiger charge is -2.24. The number of phenols is 1. The van der Waals surface area contributed by atoms with E-state index in [4.69, 9.17) is 0 Å². The highest BCUT2D eigenvalue weighted by atomic mass is 16.3. The van der Waals surface area contributed by atoms with E-state index in [1.165, 1.54) is 6.07 Å².